The number of nitrogens with one attached hydrogen (secondary N) is 1. The van der Waals surface area contributed by atoms with Crippen LogP contribution in [0.15, 0.2) is 12.1 Å². The van der Waals surface area contributed by atoms with Gasteiger partial charge in [-0.1, -0.05) is 6.08 Å². The zero-order chi connectivity index (χ0) is 14.0. The Balaban J connectivity index is 1.98. The molecule has 0 spiro atoms. The number of ether oxygens (including phenoxy) is 1. The van der Waals surface area contributed by atoms with Crippen molar-refractivity contribution in [2.75, 3.05) is 13.1 Å². The number of aromatic amines is 1. The fourth-order valence-electron chi connectivity index (χ4n) is 1.98. The van der Waals surface area contributed by atoms with E-state index in [1.165, 1.54) is 5.57 Å². The van der Waals surface area contributed by atoms with Crippen LogP contribution in [-0.2, 0) is 4.74 Å². The highest BCUT2D eigenvalue weighted by Gasteiger charge is 2.24. The van der Waals surface area contributed by atoms with Crippen molar-refractivity contribution in [2.45, 2.75) is 39.7 Å². The number of H-pyrrole nitrogens is 1. The predicted octanol–water partition coefficient (Wildman–Crippen LogP) is 2.74. The van der Waals surface area contributed by atoms with Crippen LogP contribution >= 0.6 is 0 Å². The first-order valence-electron chi connectivity index (χ1n) is 6.54. The first kappa shape index (κ1) is 13.6. The molecule has 0 aromatic carbocycles. The SMILES string of the molecule is Cc1cc(C2=CCN(C(=O)OC(C)(C)C)CC2)n[nH]1. The van der Waals surface area contributed by atoms with E-state index in [0.717, 1.165) is 17.8 Å². The summed E-state index contributed by atoms with van der Waals surface area (Å²) < 4.78 is 5.36. The molecule has 1 N–H and O–H groups in total. The van der Waals surface area contributed by atoms with Gasteiger partial charge in [-0.15, -0.1) is 0 Å². The Morgan fingerprint density at radius 1 is 1.47 bits per heavy atom. The van der Waals surface area contributed by atoms with Crippen molar-refractivity contribution in [1.29, 1.82) is 0 Å². The summed E-state index contributed by atoms with van der Waals surface area (Å²) in [5.74, 6) is 0. The van der Waals surface area contributed by atoms with E-state index in [9.17, 15) is 4.79 Å². The maximum atomic E-state index is 11.9. The highest BCUT2D eigenvalue weighted by atomic mass is 16.6. The maximum absolute atomic E-state index is 11.9. The lowest BCUT2D eigenvalue weighted by Crippen LogP contribution is -2.39. The van der Waals surface area contributed by atoms with Gasteiger partial charge in [-0.2, -0.15) is 5.10 Å². The van der Waals surface area contributed by atoms with E-state index in [2.05, 4.69) is 10.2 Å². The Morgan fingerprint density at radius 3 is 2.68 bits per heavy atom. The van der Waals surface area contributed by atoms with Gasteiger partial charge in [0.1, 0.15) is 5.60 Å². The summed E-state index contributed by atoms with van der Waals surface area (Å²) >= 11 is 0. The molecule has 1 aromatic heterocycles. The molecule has 0 aliphatic carbocycles. The van der Waals surface area contributed by atoms with E-state index in [0.29, 0.717) is 13.1 Å². The Bertz CT molecular complexity index is 497. The average Bonchev–Trinajstić information content (AvgIpc) is 2.74. The Hall–Kier alpha value is -1.78. The van der Waals surface area contributed by atoms with E-state index in [1.54, 1.807) is 4.90 Å². The third-order valence-corrected chi connectivity index (χ3v) is 2.90. The van der Waals surface area contributed by atoms with E-state index in [-0.39, 0.29) is 6.09 Å². The molecular formula is C14H21N3O2. The third kappa shape index (κ3) is 3.59. The number of carbonyl (C=O) groups excluding carboxylic acids is 1. The van der Waals surface area contributed by atoms with Crippen LogP contribution in [0.3, 0.4) is 0 Å². The first-order chi connectivity index (χ1) is 8.85. The molecule has 2 rings (SSSR count). The predicted molar refractivity (Wildman–Crippen MR) is 73.7 cm³/mol. The van der Waals surface area contributed by atoms with Crippen molar-refractivity contribution in [3.05, 3.63) is 23.5 Å². The van der Waals surface area contributed by atoms with Gasteiger partial charge in [0, 0.05) is 18.8 Å². The van der Waals surface area contributed by atoms with Gasteiger partial charge in [0.05, 0.1) is 5.69 Å². The molecule has 0 bridgehead atoms. The van der Waals surface area contributed by atoms with Gasteiger partial charge in [0.15, 0.2) is 0 Å². The average molecular weight is 263 g/mol. The molecule has 1 aliphatic rings. The third-order valence-electron chi connectivity index (χ3n) is 2.90. The molecule has 1 amide bonds. The lowest BCUT2D eigenvalue weighted by atomic mass is 10.1. The van der Waals surface area contributed by atoms with Crippen LogP contribution in [0.25, 0.3) is 5.57 Å². The largest absolute Gasteiger partial charge is 0.444 e. The maximum Gasteiger partial charge on any atom is 0.410 e. The van der Waals surface area contributed by atoms with Crippen LogP contribution in [0.5, 0.6) is 0 Å². The van der Waals surface area contributed by atoms with Gasteiger partial charge in [-0.05, 0) is 45.8 Å². The van der Waals surface area contributed by atoms with Crippen molar-refractivity contribution < 1.29 is 9.53 Å². The molecule has 104 valence electrons. The molecule has 5 nitrogen and oxygen atoms in total. The molecule has 0 saturated carbocycles. The summed E-state index contributed by atoms with van der Waals surface area (Å²) in [7, 11) is 0. The summed E-state index contributed by atoms with van der Waals surface area (Å²) in [6.45, 7) is 8.86. The van der Waals surface area contributed by atoms with Gasteiger partial charge < -0.3 is 9.64 Å². The topological polar surface area (TPSA) is 58.2 Å². The summed E-state index contributed by atoms with van der Waals surface area (Å²) in [6.07, 6.45) is 2.60. The zero-order valence-electron chi connectivity index (χ0n) is 12.0. The van der Waals surface area contributed by atoms with Crippen LogP contribution in [0.2, 0.25) is 0 Å². The highest BCUT2D eigenvalue weighted by Crippen LogP contribution is 2.22. The lowest BCUT2D eigenvalue weighted by Gasteiger charge is -2.29. The molecule has 0 unspecified atom stereocenters. The summed E-state index contributed by atoms with van der Waals surface area (Å²) in [6, 6.07) is 2.02. The van der Waals surface area contributed by atoms with Crippen molar-refractivity contribution in [3.63, 3.8) is 0 Å². The van der Waals surface area contributed by atoms with E-state index >= 15 is 0 Å². The highest BCUT2D eigenvalue weighted by molar-refractivity contribution is 5.71. The minimum absolute atomic E-state index is 0.249. The second-order valence-electron chi connectivity index (χ2n) is 5.84. The molecule has 5 heteroatoms. The Morgan fingerprint density at radius 2 is 2.21 bits per heavy atom. The number of amides is 1. The minimum Gasteiger partial charge on any atom is -0.444 e. The first-order valence-corrected chi connectivity index (χ1v) is 6.54. The van der Waals surface area contributed by atoms with Crippen molar-refractivity contribution in [2.24, 2.45) is 0 Å². The van der Waals surface area contributed by atoms with Crippen LogP contribution in [0, 0.1) is 6.92 Å². The number of aromatic nitrogens is 2. The fourth-order valence-corrected chi connectivity index (χ4v) is 1.98. The fraction of sp³-hybridized carbons (Fsp3) is 0.571. The lowest BCUT2D eigenvalue weighted by molar-refractivity contribution is 0.0270. The second-order valence-corrected chi connectivity index (χ2v) is 5.84. The number of rotatable bonds is 1. The number of nitrogens with zero attached hydrogens (tertiary/aromatic N) is 2. The number of carbonyl (C=O) groups is 1. The number of hydrogen-bond acceptors (Lipinski definition) is 3. The molecule has 0 saturated heterocycles. The van der Waals surface area contributed by atoms with Crippen molar-refractivity contribution in [1.82, 2.24) is 15.1 Å². The monoisotopic (exact) mass is 263 g/mol. The van der Waals surface area contributed by atoms with Gasteiger partial charge in [-0.25, -0.2) is 4.79 Å². The Kier molecular flexibility index (Phi) is 3.64. The van der Waals surface area contributed by atoms with Gasteiger partial charge in [0.25, 0.3) is 0 Å². The van der Waals surface area contributed by atoms with Gasteiger partial charge in [0.2, 0.25) is 0 Å². The smallest absolute Gasteiger partial charge is 0.410 e. The van der Waals surface area contributed by atoms with Gasteiger partial charge in [-0.3, -0.25) is 5.10 Å². The number of hydrogen-bond donors (Lipinski definition) is 1. The molecular weight excluding hydrogens is 242 g/mol. The minimum atomic E-state index is -0.444. The molecule has 1 aliphatic heterocycles. The number of aryl methyl sites for hydroxylation is 1. The van der Waals surface area contributed by atoms with E-state index in [1.807, 2.05) is 39.8 Å². The van der Waals surface area contributed by atoms with Crippen molar-refractivity contribution >= 4 is 11.7 Å². The van der Waals surface area contributed by atoms with Crippen LogP contribution in [0.4, 0.5) is 4.79 Å². The molecule has 1 aromatic rings. The zero-order valence-corrected chi connectivity index (χ0v) is 12.0. The van der Waals surface area contributed by atoms with E-state index in [4.69, 9.17) is 4.74 Å². The molecule has 19 heavy (non-hydrogen) atoms. The van der Waals surface area contributed by atoms with Crippen LogP contribution in [-0.4, -0.2) is 39.9 Å². The molecule has 0 radical (unpaired) electrons. The summed E-state index contributed by atoms with van der Waals surface area (Å²) in [5.41, 5.74) is 2.76. The standard InChI is InChI=1S/C14H21N3O2/c1-10-9-12(16-15-10)11-5-7-17(8-6-11)13(18)19-14(2,3)4/h5,9H,6-8H2,1-4H3,(H,15,16). The summed E-state index contributed by atoms with van der Waals surface area (Å²) in [5, 5.41) is 7.18. The molecule has 0 fully saturated rings. The Labute approximate surface area is 113 Å². The molecule has 2 heterocycles. The second kappa shape index (κ2) is 5.07. The molecule has 0 atom stereocenters. The van der Waals surface area contributed by atoms with E-state index < -0.39 is 5.60 Å². The van der Waals surface area contributed by atoms with Crippen LogP contribution in [0.1, 0.15) is 38.6 Å². The van der Waals surface area contributed by atoms with Gasteiger partial charge >= 0.3 is 6.09 Å². The summed E-state index contributed by atoms with van der Waals surface area (Å²) in [4.78, 5) is 13.6. The normalized spacial score (nSPS) is 16.2. The quantitative estimate of drug-likeness (QED) is 0.847. The van der Waals surface area contributed by atoms with Crippen LogP contribution < -0.4 is 0 Å². The van der Waals surface area contributed by atoms with Crippen molar-refractivity contribution in [3.8, 4) is 0 Å².